The van der Waals surface area contributed by atoms with Gasteiger partial charge in [0.1, 0.15) is 0 Å². The minimum Gasteiger partial charge on any atom is -0.379 e. The van der Waals surface area contributed by atoms with Gasteiger partial charge in [-0.15, -0.1) is 0 Å². The van der Waals surface area contributed by atoms with Crippen LogP contribution in [0.4, 0.5) is 0 Å². The minimum absolute atomic E-state index is 0.145. The molecule has 0 unspecified atom stereocenters. The van der Waals surface area contributed by atoms with Gasteiger partial charge in [0.05, 0.1) is 11.9 Å². The molecule has 0 atom stereocenters. The van der Waals surface area contributed by atoms with Crippen molar-refractivity contribution in [2.24, 2.45) is 5.92 Å². The van der Waals surface area contributed by atoms with Gasteiger partial charge in [0.15, 0.2) is 0 Å². The molecule has 1 fully saturated rings. The van der Waals surface area contributed by atoms with E-state index in [0.29, 0.717) is 5.75 Å². The van der Waals surface area contributed by atoms with E-state index in [2.05, 4.69) is 10.6 Å². The van der Waals surface area contributed by atoms with Crippen molar-refractivity contribution in [2.45, 2.75) is 26.4 Å². The monoisotopic (exact) mass is 260 g/mol. The zero-order valence-electron chi connectivity index (χ0n) is 10.8. The van der Waals surface area contributed by atoms with Crippen molar-refractivity contribution in [1.82, 2.24) is 10.6 Å². The van der Waals surface area contributed by atoms with Gasteiger partial charge in [-0.3, -0.25) is 4.79 Å². The van der Waals surface area contributed by atoms with Gasteiger partial charge >= 0.3 is 0 Å². The third-order valence-corrected chi connectivity index (χ3v) is 3.72. The van der Waals surface area contributed by atoms with E-state index < -0.39 is 0 Å². The van der Waals surface area contributed by atoms with Gasteiger partial charge in [0.25, 0.3) is 0 Å². The number of hydrogen-bond donors (Lipinski definition) is 2. The molecule has 0 aliphatic carbocycles. The summed E-state index contributed by atoms with van der Waals surface area (Å²) in [4.78, 5) is 11.4. The molecule has 0 aromatic carbocycles. The summed E-state index contributed by atoms with van der Waals surface area (Å²) in [6, 6.07) is 0. The summed E-state index contributed by atoms with van der Waals surface area (Å²) in [5, 5.41) is 6.14. The van der Waals surface area contributed by atoms with Crippen LogP contribution >= 0.6 is 11.8 Å². The Morgan fingerprint density at radius 3 is 2.88 bits per heavy atom. The molecule has 2 N–H and O–H groups in total. The highest BCUT2D eigenvalue weighted by molar-refractivity contribution is 7.99. The van der Waals surface area contributed by atoms with Crippen molar-refractivity contribution < 1.29 is 9.53 Å². The number of hydrogen-bond acceptors (Lipinski definition) is 4. The lowest BCUT2D eigenvalue weighted by Crippen LogP contribution is -2.43. The Bertz CT molecular complexity index is 221. The van der Waals surface area contributed by atoms with Gasteiger partial charge in [0, 0.05) is 13.2 Å². The van der Waals surface area contributed by atoms with Crippen molar-refractivity contribution >= 4 is 17.7 Å². The Balaban J connectivity index is 1.83. The normalized spacial score (nSPS) is 15.9. The maximum Gasteiger partial charge on any atom is 0.229 e. The van der Waals surface area contributed by atoms with E-state index in [-0.39, 0.29) is 12.0 Å². The molecule has 1 aliphatic heterocycles. The highest BCUT2D eigenvalue weighted by Crippen LogP contribution is 2.11. The molecule has 1 heterocycles. The quantitative estimate of drug-likeness (QED) is 0.604. The van der Waals surface area contributed by atoms with Gasteiger partial charge in [-0.25, -0.2) is 0 Å². The standard InChI is InChI=1S/C12H24N2O2S/c1-10(2)16-5-3-4-14-12(15)9-17-8-11-6-13-7-11/h10-11,13H,3-9H2,1-2H3,(H,14,15). The number of thioether (sulfide) groups is 1. The summed E-state index contributed by atoms with van der Waals surface area (Å²) < 4.78 is 5.39. The van der Waals surface area contributed by atoms with Crippen LogP contribution in [0.25, 0.3) is 0 Å². The van der Waals surface area contributed by atoms with Gasteiger partial charge in [-0.05, 0) is 45.0 Å². The first-order valence-electron chi connectivity index (χ1n) is 6.35. The van der Waals surface area contributed by atoms with E-state index in [4.69, 9.17) is 4.74 Å². The first kappa shape index (κ1) is 14.8. The maximum atomic E-state index is 11.4. The number of nitrogens with one attached hydrogen (secondary N) is 2. The number of carbonyl (C=O) groups is 1. The van der Waals surface area contributed by atoms with E-state index in [1.165, 1.54) is 0 Å². The smallest absolute Gasteiger partial charge is 0.229 e. The van der Waals surface area contributed by atoms with E-state index in [1.807, 2.05) is 13.8 Å². The van der Waals surface area contributed by atoms with Crippen molar-refractivity contribution in [1.29, 1.82) is 0 Å². The molecule has 1 aliphatic rings. The van der Waals surface area contributed by atoms with Gasteiger partial charge in [-0.1, -0.05) is 0 Å². The molecule has 0 saturated carbocycles. The van der Waals surface area contributed by atoms with Gasteiger partial charge < -0.3 is 15.4 Å². The van der Waals surface area contributed by atoms with E-state index in [0.717, 1.165) is 44.3 Å². The molecule has 17 heavy (non-hydrogen) atoms. The Hall–Kier alpha value is -0.260. The minimum atomic E-state index is 0.145. The number of rotatable bonds is 9. The lowest BCUT2D eigenvalue weighted by atomic mass is 10.1. The van der Waals surface area contributed by atoms with Crippen LogP contribution < -0.4 is 10.6 Å². The number of carbonyl (C=O) groups excluding carboxylic acids is 1. The Morgan fingerprint density at radius 1 is 1.53 bits per heavy atom. The fourth-order valence-electron chi connectivity index (χ4n) is 1.45. The number of ether oxygens (including phenoxy) is 1. The van der Waals surface area contributed by atoms with E-state index in [1.54, 1.807) is 11.8 Å². The summed E-state index contributed by atoms with van der Waals surface area (Å²) in [7, 11) is 0. The Kier molecular flexibility index (Phi) is 7.64. The van der Waals surface area contributed by atoms with Crippen LogP contribution in [0.15, 0.2) is 0 Å². The van der Waals surface area contributed by atoms with Gasteiger partial charge in [-0.2, -0.15) is 11.8 Å². The largest absolute Gasteiger partial charge is 0.379 e. The van der Waals surface area contributed by atoms with Crippen molar-refractivity contribution in [3.05, 3.63) is 0 Å². The summed E-state index contributed by atoms with van der Waals surface area (Å²) >= 11 is 1.73. The molecule has 0 radical (unpaired) electrons. The van der Waals surface area contributed by atoms with Crippen LogP contribution in [0.5, 0.6) is 0 Å². The molecule has 1 amide bonds. The SMILES string of the molecule is CC(C)OCCCNC(=O)CSCC1CNC1. The predicted molar refractivity (Wildman–Crippen MR) is 72.4 cm³/mol. The predicted octanol–water partition coefficient (Wildman–Crippen LogP) is 0.870. The van der Waals surface area contributed by atoms with Crippen LogP contribution in [-0.2, 0) is 9.53 Å². The number of amides is 1. The second-order valence-corrected chi connectivity index (χ2v) is 5.69. The zero-order valence-corrected chi connectivity index (χ0v) is 11.6. The second kappa shape index (κ2) is 8.78. The molecule has 1 saturated heterocycles. The fraction of sp³-hybridized carbons (Fsp3) is 0.917. The molecular weight excluding hydrogens is 236 g/mol. The molecule has 1 rings (SSSR count). The molecule has 5 heteroatoms. The molecule has 4 nitrogen and oxygen atoms in total. The first-order valence-corrected chi connectivity index (χ1v) is 7.50. The second-order valence-electron chi connectivity index (χ2n) is 4.66. The van der Waals surface area contributed by atoms with Crippen LogP contribution in [0.3, 0.4) is 0 Å². The van der Waals surface area contributed by atoms with Crippen molar-refractivity contribution in [3.63, 3.8) is 0 Å². The Morgan fingerprint density at radius 2 is 2.29 bits per heavy atom. The lowest BCUT2D eigenvalue weighted by Gasteiger charge is -2.26. The third-order valence-electron chi connectivity index (χ3n) is 2.55. The highest BCUT2D eigenvalue weighted by atomic mass is 32.2. The molecule has 0 spiro atoms. The lowest BCUT2D eigenvalue weighted by molar-refractivity contribution is -0.118. The zero-order chi connectivity index (χ0) is 12.5. The average Bonchev–Trinajstić information content (AvgIpc) is 2.21. The van der Waals surface area contributed by atoms with Crippen LogP contribution in [-0.4, -0.2) is 49.8 Å². The summed E-state index contributed by atoms with van der Waals surface area (Å²) in [6.45, 7) is 7.70. The molecule has 0 bridgehead atoms. The van der Waals surface area contributed by atoms with E-state index >= 15 is 0 Å². The van der Waals surface area contributed by atoms with Crippen LogP contribution in [0.1, 0.15) is 20.3 Å². The molecule has 0 aromatic heterocycles. The van der Waals surface area contributed by atoms with Crippen molar-refractivity contribution in [3.8, 4) is 0 Å². The molecular formula is C12H24N2O2S. The van der Waals surface area contributed by atoms with Gasteiger partial charge in [0.2, 0.25) is 5.91 Å². The summed E-state index contributed by atoms with van der Waals surface area (Å²) in [5.74, 6) is 2.59. The van der Waals surface area contributed by atoms with Crippen molar-refractivity contribution in [2.75, 3.05) is 37.7 Å². The maximum absolute atomic E-state index is 11.4. The summed E-state index contributed by atoms with van der Waals surface area (Å²) in [6.07, 6.45) is 1.17. The fourth-order valence-corrected chi connectivity index (χ4v) is 2.43. The molecule has 0 aromatic rings. The Labute approximate surface area is 108 Å². The summed E-state index contributed by atoms with van der Waals surface area (Å²) in [5.41, 5.74) is 0. The first-order chi connectivity index (χ1) is 8.18. The van der Waals surface area contributed by atoms with Crippen LogP contribution in [0.2, 0.25) is 0 Å². The highest BCUT2D eigenvalue weighted by Gasteiger charge is 2.16. The van der Waals surface area contributed by atoms with E-state index in [9.17, 15) is 4.79 Å². The third kappa shape index (κ3) is 7.63. The van der Waals surface area contributed by atoms with Crippen LogP contribution in [0, 0.1) is 5.92 Å². The average molecular weight is 260 g/mol. The molecule has 100 valence electrons. The topological polar surface area (TPSA) is 50.4 Å².